The molecule has 2 atom stereocenters. The minimum Gasteiger partial charge on any atom is -0.388 e. The maximum Gasteiger partial charge on any atom is 0.246 e. The number of aliphatic hydroxyl groups is 2. The number of β-amino-alcohol motifs (C(OH)–C–C–N with tert-alkyl or cyclic N) is 2. The summed E-state index contributed by atoms with van der Waals surface area (Å²) in [5.74, 6) is -0.216. The molecule has 1 aliphatic rings. The van der Waals surface area contributed by atoms with Crippen LogP contribution >= 0.6 is 11.3 Å². The smallest absolute Gasteiger partial charge is 0.246 e. The molecule has 5 nitrogen and oxygen atoms in total. The predicted molar refractivity (Wildman–Crippen MR) is 64.5 cm³/mol. The standard InChI is InChI=1S/C11H14N2O3S/c1-7-12-8(6-17-7)2-3-11(16)13-4-9(14)10(15)5-13/h2-3,6,9-10,14-15H,4-5H2,1H3/t9-,10+. The zero-order chi connectivity index (χ0) is 12.4. The first kappa shape index (κ1) is 12.2. The van der Waals surface area contributed by atoms with E-state index in [4.69, 9.17) is 0 Å². The molecule has 2 heterocycles. The van der Waals surface area contributed by atoms with Crippen LogP contribution in [0.3, 0.4) is 0 Å². The minimum absolute atomic E-state index is 0.181. The summed E-state index contributed by atoms with van der Waals surface area (Å²) in [6.45, 7) is 2.26. The van der Waals surface area contributed by atoms with Crippen LogP contribution in [0.15, 0.2) is 11.5 Å². The third-order valence-electron chi connectivity index (χ3n) is 2.60. The number of aromatic nitrogens is 1. The second-order valence-corrected chi connectivity index (χ2v) is 5.06. The molecule has 17 heavy (non-hydrogen) atoms. The molecule has 0 aliphatic carbocycles. The Morgan fingerprint density at radius 2 is 2.18 bits per heavy atom. The van der Waals surface area contributed by atoms with Crippen LogP contribution in [0.2, 0.25) is 0 Å². The number of thiazole rings is 1. The van der Waals surface area contributed by atoms with Gasteiger partial charge in [-0.1, -0.05) is 0 Å². The molecule has 0 bridgehead atoms. The van der Waals surface area contributed by atoms with Gasteiger partial charge in [0, 0.05) is 24.5 Å². The maximum absolute atomic E-state index is 11.7. The molecule has 92 valence electrons. The number of rotatable bonds is 2. The highest BCUT2D eigenvalue weighted by Crippen LogP contribution is 2.12. The molecule has 2 rings (SSSR count). The van der Waals surface area contributed by atoms with Crippen molar-refractivity contribution in [2.75, 3.05) is 13.1 Å². The summed E-state index contributed by atoms with van der Waals surface area (Å²) < 4.78 is 0. The van der Waals surface area contributed by atoms with Crippen LogP contribution in [0.1, 0.15) is 10.7 Å². The van der Waals surface area contributed by atoms with Crippen LogP contribution in [0.5, 0.6) is 0 Å². The Morgan fingerprint density at radius 1 is 1.53 bits per heavy atom. The largest absolute Gasteiger partial charge is 0.388 e. The van der Waals surface area contributed by atoms with E-state index in [9.17, 15) is 15.0 Å². The minimum atomic E-state index is -0.839. The predicted octanol–water partition coefficient (Wildman–Crippen LogP) is 0.0287. The molecule has 0 unspecified atom stereocenters. The Bertz CT molecular complexity index is 434. The lowest BCUT2D eigenvalue weighted by atomic mass is 10.3. The van der Waals surface area contributed by atoms with Gasteiger partial charge in [0.1, 0.15) is 0 Å². The Morgan fingerprint density at radius 3 is 2.71 bits per heavy atom. The highest BCUT2D eigenvalue weighted by Gasteiger charge is 2.31. The Labute approximate surface area is 103 Å². The van der Waals surface area contributed by atoms with Gasteiger partial charge in [-0.3, -0.25) is 4.79 Å². The molecule has 1 fully saturated rings. The molecule has 1 saturated heterocycles. The summed E-state index contributed by atoms with van der Waals surface area (Å²) in [6, 6.07) is 0. The fraction of sp³-hybridized carbons (Fsp3) is 0.455. The Hall–Kier alpha value is -1.24. The zero-order valence-electron chi connectivity index (χ0n) is 9.41. The summed E-state index contributed by atoms with van der Waals surface area (Å²) >= 11 is 1.52. The van der Waals surface area contributed by atoms with Crippen molar-refractivity contribution in [3.05, 3.63) is 22.2 Å². The number of likely N-dealkylation sites (tertiary alicyclic amines) is 1. The average Bonchev–Trinajstić information content (AvgIpc) is 2.83. The monoisotopic (exact) mass is 254 g/mol. The topological polar surface area (TPSA) is 73.7 Å². The molecule has 0 radical (unpaired) electrons. The van der Waals surface area contributed by atoms with Gasteiger partial charge in [-0.15, -0.1) is 11.3 Å². The first-order valence-electron chi connectivity index (χ1n) is 5.31. The molecule has 1 amide bonds. The number of aryl methyl sites for hydroxylation is 1. The molecular formula is C11H14N2O3S. The number of amides is 1. The molecule has 1 aromatic rings. The quantitative estimate of drug-likeness (QED) is 0.730. The average molecular weight is 254 g/mol. The van der Waals surface area contributed by atoms with Crippen molar-refractivity contribution < 1.29 is 15.0 Å². The SMILES string of the molecule is Cc1nc(C=CC(=O)N2C[C@@H](O)[C@@H](O)C2)cs1. The van der Waals surface area contributed by atoms with Crippen LogP contribution in [0.4, 0.5) is 0 Å². The van der Waals surface area contributed by atoms with Gasteiger partial charge in [-0.2, -0.15) is 0 Å². The lowest BCUT2D eigenvalue weighted by Crippen LogP contribution is -2.27. The normalized spacial score (nSPS) is 24.8. The number of hydrogen-bond acceptors (Lipinski definition) is 5. The molecule has 0 spiro atoms. The summed E-state index contributed by atoms with van der Waals surface area (Å²) in [6.07, 6.45) is 1.38. The number of hydrogen-bond donors (Lipinski definition) is 2. The second-order valence-electron chi connectivity index (χ2n) is 4.00. The van der Waals surface area contributed by atoms with Crippen molar-refractivity contribution in [2.45, 2.75) is 19.1 Å². The maximum atomic E-state index is 11.7. The number of nitrogens with zero attached hydrogens (tertiary/aromatic N) is 2. The molecule has 0 aromatic carbocycles. The van der Waals surface area contributed by atoms with Gasteiger partial charge in [-0.25, -0.2) is 4.98 Å². The van der Waals surface area contributed by atoms with Crippen LogP contribution in [0, 0.1) is 6.92 Å². The van der Waals surface area contributed by atoms with Crippen molar-refractivity contribution in [1.82, 2.24) is 9.88 Å². The number of carbonyl (C=O) groups excluding carboxylic acids is 1. The molecule has 1 aliphatic heterocycles. The third kappa shape index (κ3) is 2.91. The zero-order valence-corrected chi connectivity index (χ0v) is 10.2. The van der Waals surface area contributed by atoms with Crippen LogP contribution in [-0.2, 0) is 4.79 Å². The van der Waals surface area contributed by atoms with Crippen molar-refractivity contribution >= 4 is 23.3 Å². The van der Waals surface area contributed by atoms with E-state index in [1.807, 2.05) is 12.3 Å². The third-order valence-corrected chi connectivity index (χ3v) is 3.40. The van der Waals surface area contributed by atoms with Gasteiger partial charge >= 0.3 is 0 Å². The molecule has 0 saturated carbocycles. The summed E-state index contributed by atoms with van der Waals surface area (Å²) in [4.78, 5) is 17.3. The van der Waals surface area contributed by atoms with E-state index in [1.54, 1.807) is 6.08 Å². The van der Waals surface area contributed by atoms with E-state index >= 15 is 0 Å². The lowest BCUT2D eigenvalue weighted by molar-refractivity contribution is -0.125. The molecule has 6 heteroatoms. The highest BCUT2D eigenvalue weighted by atomic mass is 32.1. The fourth-order valence-corrected chi connectivity index (χ4v) is 2.25. The van der Waals surface area contributed by atoms with Gasteiger partial charge in [0.2, 0.25) is 5.91 Å². The molecule has 1 aromatic heterocycles. The van der Waals surface area contributed by atoms with Gasteiger partial charge in [0.15, 0.2) is 0 Å². The van der Waals surface area contributed by atoms with E-state index in [0.29, 0.717) is 0 Å². The molecule has 2 N–H and O–H groups in total. The van der Waals surface area contributed by atoms with Gasteiger partial charge in [-0.05, 0) is 13.0 Å². The number of aliphatic hydroxyl groups excluding tert-OH is 2. The summed E-state index contributed by atoms with van der Waals surface area (Å²) in [5.41, 5.74) is 0.751. The van der Waals surface area contributed by atoms with Crippen molar-refractivity contribution in [2.24, 2.45) is 0 Å². The summed E-state index contributed by atoms with van der Waals surface area (Å²) in [5, 5.41) is 21.5. The van der Waals surface area contributed by atoms with Crippen LogP contribution in [0.25, 0.3) is 6.08 Å². The van der Waals surface area contributed by atoms with E-state index in [2.05, 4.69) is 4.98 Å². The first-order chi connectivity index (χ1) is 8.06. The van der Waals surface area contributed by atoms with Gasteiger partial charge in [0.25, 0.3) is 0 Å². The van der Waals surface area contributed by atoms with E-state index in [-0.39, 0.29) is 19.0 Å². The van der Waals surface area contributed by atoms with Crippen molar-refractivity contribution in [3.63, 3.8) is 0 Å². The van der Waals surface area contributed by atoms with Crippen molar-refractivity contribution in [1.29, 1.82) is 0 Å². The van der Waals surface area contributed by atoms with Crippen molar-refractivity contribution in [3.8, 4) is 0 Å². The fourth-order valence-electron chi connectivity index (χ4n) is 1.67. The Kier molecular flexibility index (Phi) is 3.56. The molecular weight excluding hydrogens is 240 g/mol. The van der Waals surface area contributed by atoms with E-state index in [0.717, 1.165) is 10.7 Å². The van der Waals surface area contributed by atoms with Crippen LogP contribution < -0.4 is 0 Å². The van der Waals surface area contributed by atoms with E-state index in [1.165, 1.54) is 22.3 Å². The summed E-state index contributed by atoms with van der Waals surface area (Å²) in [7, 11) is 0. The van der Waals surface area contributed by atoms with Gasteiger partial charge in [0.05, 0.1) is 22.9 Å². The lowest BCUT2D eigenvalue weighted by Gasteiger charge is -2.11. The highest BCUT2D eigenvalue weighted by molar-refractivity contribution is 7.09. The second kappa shape index (κ2) is 4.95. The first-order valence-corrected chi connectivity index (χ1v) is 6.19. The van der Waals surface area contributed by atoms with E-state index < -0.39 is 12.2 Å². The van der Waals surface area contributed by atoms with Crippen LogP contribution in [-0.4, -0.2) is 51.3 Å². The van der Waals surface area contributed by atoms with Gasteiger partial charge < -0.3 is 15.1 Å². The number of carbonyl (C=O) groups is 1. The Balaban J connectivity index is 1.96.